The highest BCUT2D eigenvalue weighted by Crippen LogP contribution is 2.25. The van der Waals surface area contributed by atoms with Gasteiger partial charge in [0.15, 0.2) is 0 Å². The average molecular weight is 1190 g/mol. The molecule has 1 aliphatic heterocycles. The van der Waals surface area contributed by atoms with E-state index in [2.05, 4.69) is 21.3 Å². The molecule has 0 unspecified atom stereocenters. The van der Waals surface area contributed by atoms with E-state index in [-0.39, 0.29) is 43.4 Å². The van der Waals surface area contributed by atoms with Crippen molar-refractivity contribution in [3.05, 3.63) is 12.2 Å². The van der Waals surface area contributed by atoms with Crippen LogP contribution in [0.3, 0.4) is 0 Å². The Balaban J connectivity index is 4.31. The molecular weight excluding hydrogens is 1080 g/mol. The Morgan fingerprint density at radius 3 is 1.38 bits per heavy atom. The first-order valence-electron chi connectivity index (χ1n) is 30.1. The zero-order valence-electron chi connectivity index (χ0n) is 55.4. The summed E-state index contributed by atoms with van der Waals surface area (Å²) in [5.74, 6) is -10.1. The summed E-state index contributed by atoms with van der Waals surface area (Å²) in [6, 6.07) is -12.4. The van der Waals surface area contributed by atoms with Gasteiger partial charge in [0.25, 0.3) is 0 Å². The van der Waals surface area contributed by atoms with Crippen LogP contribution in [-0.2, 0) is 52.7 Å². The van der Waals surface area contributed by atoms with Gasteiger partial charge in [-0.15, -0.1) is 0 Å². The second-order valence-electron chi connectivity index (χ2n) is 25.6. The predicted octanol–water partition coefficient (Wildman–Crippen LogP) is 2.88. The monoisotopic (exact) mass is 1190 g/mol. The maximum atomic E-state index is 15.1. The number of carbonyl (C=O) groups is 11. The third-order valence-electron chi connectivity index (χ3n) is 16.0. The topological polar surface area (TPSA) is 279 Å². The number of carbonyl (C=O) groups excluding carboxylic acids is 11. The van der Waals surface area contributed by atoms with Crippen LogP contribution in [0.4, 0.5) is 0 Å². The highest BCUT2D eigenvalue weighted by molar-refractivity contribution is 5.99. The van der Waals surface area contributed by atoms with Gasteiger partial charge in [-0.1, -0.05) is 109 Å². The molecule has 0 aromatic heterocycles. The Kier molecular flexibility index (Phi) is 30.8. The van der Waals surface area contributed by atoms with Crippen LogP contribution in [0.15, 0.2) is 12.2 Å². The zero-order valence-corrected chi connectivity index (χ0v) is 55.4. The number of aliphatic hydroxyl groups is 1. The van der Waals surface area contributed by atoms with Crippen molar-refractivity contribution in [2.75, 3.05) is 55.9 Å². The van der Waals surface area contributed by atoms with Crippen molar-refractivity contribution in [3.63, 3.8) is 0 Å². The second kappa shape index (κ2) is 34.1. The largest absolute Gasteiger partial charge is 0.390 e. The van der Waals surface area contributed by atoms with Crippen molar-refractivity contribution in [1.29, 1.82) is 0 Å². The van der Waals surface area contributed by atoms with Gasteiger partial charge >= 0.3 is 0 Å². The minimum absolute atomic E-state index is 0.0216. The lowest BCUT2D eigenvalue weighted by atomic mass is 9.91. The van der Waals surface area contributed by atoms with Crippen LogP contribution in [0.5, 0.6) is 0 Å². The summed E-state index contributed by atoms with van der Waals surface area (Å²) in [5.41, 5.74) is 0. The van der Waals surface area contributed by atoms with Gasteiger partial charge < -0.3 is 60.7 Å². The maximum absolute atomic E-state index is 15.1. The molecule has 0 bridgehead atoms. The highest BCUT2D eigenvalue weighted by Gasteiger charge is 2.45. The van der Waals surface area contributed by atoms with E-state index in [9.17, 15) is 48.3 Å². The molecule has 11 amide bonds. The molecule has 23 nitrogen and oxygen atoms in total. The highest BCUT2D eigenvalue weighted by atomic mass is 16.3. The lowest BCUT2D eigenvalue weighted by Crippen LogP contribution is -2.63. The van der Waals surface area contributed by atoms with Gasteiger partial charge in [0.05, 0.1) is 12.6 Å². The van der Waals surface area contributed by atoms with E-state index in [1.54, 1.807) is 74.5 Å². The van der Waals surface area contributed by atoms with Gasteiger partial charge in [0.1, 0.15) is 60.4 Å². The standard InChI is InChI=1S/C61H109N11O12/c1-25-27-28-39(15)51(74)50-55(78)63-42(26-2)57(80)66(18)32-46(73)70(22)48(37(11)12)54(77)65-47(36(9)10)60(83)67(19)41(17)52(75)64-43(29-33(3)4)53(76)62-40(16)56(79)68(20)44(30-34(5)6)58(81)69(21)45(31-35(7)8)59(82)71(23)49(38(13)14)61(84)72(50)24/h25,27,33-45,47-51,74H,26,28-32H2,1-24H3,(H,62,76)(H,63,78)(H,64,75)(H,65,77)/b27-25+/t39-,40-,41+,42+,43+,44+,45-,47+,48-,49+,50+,51-/m1/s1. The van der Waals surface area contributed by atoms with Crippen molar-refractivity contribution in [2.24, 2.45) is 41.4 Å². The van der Waals surface area contributed by atoms with Crippen molar-refractivity contribution in [1.82, 2.24) is 55.6 Å². The predicted molar refractivity (Wildman–Crippen MR) is 324 cm³/mol. The first-order chi connectivity index (χ1) is 38.7. The summed E-state index contributed by atoms with van der Waals surface area (Å²) >= 11 is 0. The smallest absolute Gasteiger partial charge is 0.246 e. The molecule has 0 aliphatic carbocycles. The number of nitrogens with zero attached hydrogens (tertiary/aromatic N) is 7. The molecule has 1 fully saturated rings. The minimum atomic E-state index is -1.61. The van der Waals surface area contributed by atoms with Crippen molar-refractivity contribution in [3.8, 4) is 0 Å². The average Bonchev–Trinajstić information content (AvgIpc) is 3.32. The summed E-state index contributed by atoms with van der Waals surface area (Å²) in [7, 11) is 9.85. The molecule has 5 N–H and O–H groups in total. The SMILES string of the molecule is C/C=C/C[C@@H](C)[C@@H](O)[C@H]1C(=O)N[C@@H](CC)C(=O)N(C)CC(=O)N(C)[C@H](C(C)C)C(=O)N[C@@H](C(C)C)C(=O)N(C)[C@@H](C)C(=O)N[C@@H](CC(C)C)C(=O)N[C@H](C)C(=O)N(C)[C@@H](CC(C)C)C(=O)N(C)[C@H](CC(C)C)C(=O)N(C)[C@@H](C(C)C)C(=O)N1C. The van der Waals surface area contributed by atoms with Gasteiger partial charge in [-0.2, -0.15) is 0 Å². The van der Waals surface area contributed by atoms with Gasteiger partial charge in [-0.25, -0.2) is 0 Å². The summed E-state index contributed by atoms with van der Waals surface area (Å²) < 4.78 is 0. The van der Waals surface area contributed by atoms with E-state index in [4.69, 9.17) is 0 Å². The van der Waals surface area contributed by atoms with E-state index in [1.807, 2.05) is 41.5 Å². The van der Waals surface area contributed by atoms with Crippen LogP contribution in [0.2, 0.25) is 0 Å². The van der Waals surface area contributed by atoms with Crippen LogP contribution in [-0.4, -0.2) is 227 Å². The van der Waals surface area contributed by atoms with Crippen LogP contribution in [0.25, 0.3) is 0 Å². The van der Waals surface area contributed by atoms with E-state index < -0.39 is 162 Å². The summed E-state index contributed by atoms with van der Waals surface area (Å²) in [6.45, 7) is 29.0. The van der Waals surface area contributed by atoms with Crippen LogP contribution in [0, 0.1) is 41.4 Å². The van der Waals surface area contributed by atoms with Gasteiger partial charge in [0, 0.05) is 49.3 Å². The fraction of sp³-hybridized carbons (Fsp3) is 0.787. The van der Waals surface area contributed by atoms with Gasteiger partial charge in [-0.3, -0.25) is 52.7 Å². The third kappa shape index (κ3) is 20.5. The molecule has 1 heterocycles. The van der Waals surface area contributed by atoms with Crippen molar-refractivity contribution in [2.45, 2.75) is 216 Å². The minimum Gasteiger partial charge on any atom is -0.390 e. The Morgan fingerprint density at radius 1 is 0.476 bits per heavy atom. The lowest BCUT2D eigenvalue weighted by Gasteiger charge is -2.41. The summed E-state index contributed by atoms with van der Waals surface area (Å²) in [5, 5.41) is 23.1. The Bertz CT molecular complexity index is 2310. The molecule has 480 valence electrons. The second-order valence-corrected chi connectivity index (χ2v) is 25.6. The number of allylic oxidation sites excluding steroid dienone is 2. The number of rotatable bonds is 14. The Labute approximate surface area is 502 Å². The molecule has 1 aliphatic rings. The molecule has 0 saturated carbocycles. The van der Waals surface area contributed by atoms with Crippen molar-refractivity contribution < 1.29 is 57.8 Å². The van der Waals surface area contributed by atoms with Crippen LogP contribution in [0.1, 0.15) is 150 Å². The Hall–Kier alpha value is -6.13. The normalized spacial score (nSPS) is 27.1. The van der Waals surface area contributed by atoms with E-state index in [0.29, 0.717) is 6.42 Å². The summed E-state index contributed by atoms with van der Waals surface area (Å²) in [4.78, 5) is 168. The molecule has 1 rings (SSSR count). The van der Waals surface area contributed by atoms with Crippen LogP contribution < -0.4 is 21.3 Å². The molecule has 0 aromatic carbocycles. The molecule has 1 saturated heterocycles. The van der Waals surface area contributed by atoms with Crippen LogP contribution >= 0.6 is 0 Å². The quantitative estimate of drug-likeness (QED) is 0.157. The number of amides is 11. The number of hydrogen-bond donors (Lipinski definition) is 5. The van der Waals surface area contributed by atoms with Gasteiger partial charge in [-0.05, 0) is 94.3 Å². The molecular formula is C61H109N11O12. The van der Waals surface area contributed by atoms with E-state index >= 15 is 9.59 Å². The molecule has 0 radical (unpaired) electrons. The Morgan fingerprint density at radius 2 is 0.929 bits per heavy atom. The molecule has 0 aromatic rings. The third-order valence-corrected chi connectivity index (χ3v) is 16.0. The maximum Gasteiger partial charge on any atom is 0.246 e. The first-order valence-corrected chi connectivity index (χ1v) is 30.1. The molecule has 0 spiro atoms. The van der Waals surface area contributed by atoms with Gasteiger partial charge in [0.2, 0.25) is 65.0 Å². The van der Waals surface area contributed by atoms with Crippen molar-refractivity contribution >= 4 is 65.0 Å². The number of likely N-dealkylation sites (N-methyl/N-ethyl adjacent to an activating group) is 7. The lowest BCUT2D eigenvalue weighted by molar-refractivity contribution is -0.157. The molecule has 23 heteroatoms. The fourth-order valence-corrected chi connectivity index (χ4v) is 10.6. The zero-order chi connectivity index (χ0) is 65.3. The summed E-state index contributed by atoms with van der Waals surface area (Å²) in [6.07, 6.45) is 2.86. The van der Waals surface area contributed by atoms with E-state index in [0.717, 1.165) is 14.7 Å². The number of aliphatic hydroxyl groups excluding tert-OH is 1. The first kappa shape index (κ1) is 75.9. The number of nitrogens with one attached hydrogen (secondary N) is 4. The molecule has 12 atom stereocenters. The molecule has 84 heavy (non-hydrogen) atoms. The fourth-order valence-electron chi connectivity index (χ4n) is 10.6. The van der Waals surface area contributed by atoms with E-state index in [1.165, 1.54) is 82.8 Å². The number of hydrogen-bond acceptors (Lipinski definition) is 12.